The molecule has 0 saturated heterocycles. The summed E-state index contributed by atoms with van der Waals surface area (Å²) in [5.74, 6) is -2.48. The molecule has 0 bridgehead atoms. The second-order valence-corrected chi connectivity index (χ2v) is 2.83. The quantitative estimate of drug-likeness (QED) is 0.520. The summed E-state index contributed by atoms with van der Waals surface area (Å²) in [4.78, 5) is 24.4. The van der Waals surface area contributed by atoms with Crippen LogP contribution in [0, 0.1) is 0 Å². The smallest absolute Gasteiger partial charge is 0.349 e. The van der Waals surface area contributed by atoms with Gasteiger partial charge in [-0.15, -0.1) is 0 Å². The molecule has 1 aliphatic heterocycles. The summed E-state index contributed by atoms with van der Waals surface area (Å²) in [6.45, 7) is 0. The third-order valence-corrected chi connectivity index (χ3v) is 1.77. The molecule has 0 saturated carbocycles. The van der Waals surface area contributed by atoms with Crippen molar-refractivity contribution >= 4 is 17.7 Å². The van der Waals surface area contributed by atoms with Crippen molar-refractivity contribution in [3.8, 4) is 0 Å². The number of aliphatic hydroxyl groups excluding tert-OH is 1. The van der Waals surface area contributed by atoms with Crippen LogP contribution in [0.4, 0.5) is 0 Å². The predicted molar refractivity (Wildman–Crippen MR) is 41.7 cm³/mol. The van der Waals surface area contributed by atoms with Crippen LogP contribution in [0.3, 0.4) is 0 Å². The largest absolute Gasteiger partial charge is 0.480 e. The van der Waals surface area contributed by atoms with Gasteiger partial charge in [0.05, 0.1) is 6.10 Å². The first-order valence-electron chi connectivity index (χ1n) is 3.71. The minimum Gasteiger partial charge on any atom is -0.480 e. The number of aliphatic carboxylic acids is 2. The van der Waals surface area contributed by atoms with Crippen molar-refractivity contribution in [1.29, 1.82) is 0 Å². The topological polar surface area (TPSA) is 107 Å². The van der Waals surface area contributed by atoms with Crippen LogP contribution < -0.4 is 0 Å². The fraction of sp³-hybridized carbons (Fsp3) is 0.571. The lowest BCUT2D eigenvalue weighted by Crippen LogP contribution is -2.34. The van der Waals surface area contributed by atoms with Gasteiger partial charge in [0, 0.05) is 12.8 Å². The lowest BCUT2D eigenvalue weighted by molar-refractivity contribution is -0.139. The average molecular weight is 187 g/mol. The van der Waals surface area contributed by atoms with Crippen LogP contribution in [0.5, 0.6) is 0 Å². The van der Waals surface area contributed by atoms with Gasteiger partial charge in [-0.3, -0.25) is 4.99 Å². The van der Waals surface area contributed by atoms with E-state index in [0.717, 1.165) is 0 Å². The van der Waals surface area contributed by atoms with Crippen LogP contribution in [0.15, 0.2) is 4.99 Å². The number of hydrogen-bond acceptors (Lipinski definition) is 4. The summed E-state index contributed by atoms with van der Waals surface area (Å²) in [5.41, 5.74) is -0.272. The lowest BCUT2D eigenvalue weighted by Gasteiger charge is -2.19. The van der Waals surface area contributed by atoms with Crippen LogP contribution in [0.25, 0.3) is 0 Å². The molecule has 0 fully saturated rings. The molecule has 13 heavy (non-hydrogen) atoms. The van der Waals surface area contributed by atoms with Gasteiger partial charge < -0.3 is 15.3 Å². The maximum Gasteiger partial charge on any atom is 0.349 e. The van der Waals surface area contributed by atoms with Crippen LogP contribution in [0.1, 0.15) is 12.8 Å². The van der Waals surface area contributed by atoms with Crippen molar-refractivity contribution in [2.75, 3.05) is 0 Å². The van der Waals surface area contributed by atoms with E-state index in [-0.39, 0.29) is 18.6 Å². The van der Waals surface area contributed by atoms with E-state index in [1.165, 1.54) is 0 Å². The van der Waals surface area contributed by atoms with Gasteiger partial charge in [0.2, 0.25) is 0 Å². The van der Waals surface area contributed by atoms with E-state index in [2.05, 4.69) is 4.99 Å². The maximum atomic E-state index is 10.5. The Morgan fingerprint density at radius 3 is 2.46 bits per heavy atom. The predicted octanol–water partition coefficient (Wildman–Crippen LogP) is -0.880. The fourth-order valence-electron chi connectivity index (χ4n) is 1.16. The molecule has 2 atom stereocenters. The molecular weight excluding hydrogens is 178 g/mol. The number of rotatable bonds is 2. The summed E-state index contributed by atoms with van der Waals surface area (Å²) < 4.78 is 0. The van der Waals surface area contributed by atoms with Crippen molar-refractivity contribution in [1.82, 2.24) is 0 Å². The summed E-state index contributed by atoms with van der Waals surface area (Å²) in [6.07, 6.45) is -1.03. The highest BCUT2D eigenvalue weighted by atomic mass is 16.4. The van der Waals surface area contributed by atoms with Gasteiger partial charge in [-0.2, -0.15) is 0 Å². The SMILES string of the molecule is O=C(O)C1=N[C@H](C(=O)O)C[C@@H](O)C1. The zero-order valence-electron chi connectivity index (χ0n) is 6.67. The zero-order valence-corrected chi connectivity index (χ0v) is 6.67. The molecule has 1 rings (SSSR count). The van der Waals surface area contributed by atoms with Crippen molar-refractivity contribution in [3.63, 3.8) is 0 Å². The molecular formula is C7H9NO5. The molecule has 72 valence electrons. The zero-order chi connectivity index (χ0) is 10.0. The third kappa shape index (κ3) is 2.25. The molecule has 0 aliphatic carbocycles. The fourth-order valence-corrected chi connectivity index (χ4v) is 1.16. The third-order valence-electron chi connectivity index (χ3n) is 1.77. The van der Waals surface area contributed by atoms with E-state index in [1.807, 2.05) is 0 Å². The second kappa shape index (κ2) is 3.53. The van der Waals surface area contributed by atoms with Gasteiger partial charge in [0.15, 0.2) is 0 Å². The molecule has 0 radical (unpaired) electrons. The highest BCUT2D eigenvalue weighted by Gasteiger charge is 2.29. The Morgan fingerprint density at radius 1 is 1.38 bits per heavy atom. The van der Waals surface area contributed by atoms with E-state index in [1.54, 1.807) is 0 Å². The molecule has 6 heteroatoms. The highest BCUT2D eigenvalue weighted by Crippen LogP contribution is 2.14. The van der Waals surface area contributed by atoms with Gasteiger partial charge >= 0.3 is 11.9 Å². The molecule has 3 N–H and O–H groups in total. The summed E-state index contributed by atoms with van der Waals surface area (Å²) >= 11 is 0. The average Bonchev–Trinajstić information content (AvgIpc) is 2.03. The number of carboxylic acids is 2. The van der Waals surface area contributed by atoms with Crippen LogP contribution in [0.2, 0.25) is 0 Å². The van der Waals surface area contributed by atoms with Gasteiger partial charge in [-0.1, -0.05) is 0 Å². The molecule has 0 aromatic heterocycles. The summed E-state index contributed by atoms with van der Waals surface area (Å²) in [7, 11) is 0. The van der Waals surface area contributed by atoms with Crippen LogP contribution in [-0.2, 0) is 9.59 Å². The molecule has 0 aromatic carbocycles. The molecule has 0 unspecified atom stereocenters. The molecule has 0 spiro atoms. The first-order chi connectivity index (χ1) is 6.00. The number of aliphatic imine (C=N–C) groups is 1. The number of carbonyl (C=O) groups is 2. The summed E-state index contributed by atoms with van der Waals surface area (Å²) in [6, 6.07) is -1.13. The van der Waals surface area contributed by atoms with Crippen LogP contribution >= 0.6 is 0 Å². The molecule has 1 aliphatic rings. The monoisotopic (exact) mass is 187 g/mol. The highest BCUT2D eigenvalue weighted by molar-refractivity contribution is 6.36. The number of carboxylic acid groups (broad SMARTS) is 2. The van der Waals surface area contributed by atoms with Crippen molar-refractivity contribution in [3.05, 3.63) is 0 Å². The second-order valence-electron chi connectivity index (χ2n) is 2.83. The van der Waals surface area contributed by atoms with Crippen LogP contribution in [-0.4, -0.2) is 45.1 Å². The summed E-state index contributed by atoms with van der Waals surface area (Å²) in [5, 5.41) is 26.2. The lowest BCUT2D eigenvalue weighted by atomic mass is 10.00. The first-order valence-corrected chi connectivity index (χ1v) is 3.71. The van der Waals surface area contributed by atoms with Crippen molar-refractivity contribution < 1.29 is 24.9 Å². The molecule has 0 amide bonds. The molecule has 6 nitrogen and oxygen atoms in total. The van der Waals surface area contributed by atoms with Crippen molar-refractivity contribution in [2.45, 2.75) is 25.0 Å². The van der Waals surface area contributed by atoms with E-state index >= 15 is 0 Å². The van der Waals surface area contributed by atoms with E-state index in [9.17, 15) is 9.59 Å². The minimum atomic E-state index is -1.27. The van der Waals surface area contributed by atoms with Gasteiger partial charge in [0.1, 0.15) is 11.8 Å². The van der Waals surface area contributed by atoms with Gasteiger partial charge in [0.25, 0.3) is 0 Å². The minimum absolute atomic E-state index is 0.0217. The Kier molecular flexibility index (Phi) is 2.62. The van der Waals surface area contributed by atoms with E-state index < -0.39 is 24.1 Å². The standard InChI is InChI=1S/C7H9NO5/c9-3-1-4(6(10)11)8-5(2-3)7(12)13/h3-4,9H,1-2H2,(H,10,11)(H,12,13)/t3-,4+/m1/s1. The Hall–Kier alpha value is -1.43. The Balaban J connectivity index is 2.85. The number of hydrogen-bond donors (Lipinski definition) is 3. The first kappa shape index (κ1) is 9.66. The van der Waals surface area contributed by atoms with Gasteiger partial charge in [-0.05, 0) is 0 Å². The Morgan fingerprint density at radius 2 is 2.00 bits per heavy atom. The van der Waals surface area contributed by atoms with Gasteiger partial charge in [-0.25, -0.2) is 9.59 Å². The number of aliphatic hydroxyl groups is 1. The normalized spacial score (nSPS) is 27.9. The Bertz CT molecular complexity index is 272. The van der Waals surface area contributed by atoms with E-state index in [4.69, 9.17) is 15.3 Å². The van der Waals surface area contributed by atoms with E-state index in [0.29, 0.717) is 0 Å². The molecule has 0 aromatic rings. The molecule has 1 heterocycles. The maximum absolute atomic E-state index is 10.5. The van der Waals surface area contributed by atoms with Crippen molar-refractivity contribution in [2.24, 2.45) is 4.99 Å². The number of nitrogens with zero attached hydrogens (tertiary/aromatic N) is 1. The Labute approximate surface area is 73.5 Å².